The van der Waals surface area contributed by atoms with Gasteiger partial charge in [-0.15, -0.1) is 0 Å². The number of hydrogen-bond acceptors (Lipinski definition) is 8. The van der Waals surface area contributed by atoms with Crippen molar-refractivity contribution in [2.45, 2.75) is 83.7 Å². The lowest BCUT2D eigenvalue weighted by atomic mass is 9.91. The highest BCUT2D eigenvalue weighted by Gasteiger charge is 2.33. The van der Waals surface area contributed by atoms with Crippen LogP contribution in [0.2, 0.25) is 0 Å². The van der Waals surface area contributed by atoms with E-state index in [2.05, 4.69) is 32.2 Å². The number of benzene rings is 2. The molecular weight excluding hydrogens is 742 g/mol. The number of methoxy groups -OCH3 is 1. The number of likely N-dealkylation sites (tertiary alicyclic amines) is 3. The van der Waals surface area contributed by atoms with Crippen LogP contribution in [-0.4, -0.2) is 120 Å². The van der Waals surface area contributed by atoms with Gasteiger partial charge in [0.2, 0.25) is 5.91 Å². The van der Waals surface area contributed by atoms with Crippen LogP contribution in [0.1, 0.15) is 69.9 Å². The quantitative estimate of drug-likeness (QED) is 0.298. The maximum Gasteiger partial charge on any atom is 0.409 e. The summed E-state index contributed by atoms with van der Waals surface area (Å²) in [5.41, 5.74) is 3.12. The van der Waals surface area contributed by atoms with E-state index in [1.807, 2.05) is 54.0 Å². The Morgan fingerprint density at radius 3 is 2.23 bits per heavy atom. The van der Waals surface area contributed by atoms with E-state index in [-0.39, 0.29) is 41.7 Å². The number of carbonyl (C=O) groups is 4. The van der Waals surface area contributed by atoms with Crippen LogP contribution < -0.4 is 5.32 Å². The van der Waals surface area contributed by atoms with Crippen molar-refractivity contribution < 1.29 is 33.8 Å². The fraction of sp³-hybridized carbons (Fsp3) is 0.600. The predicted molar refractivity (Wildman–Crippen MR) is 207 cm³/mol. The molecule has 4 aliphatic rings. The molecule has 4 aliphatic heterocycles. The number of urea groups is 1. The Bertz CT molecular complexity index is 1550. The highest BCUT2D eigenvalue weighted by atomic mass is 79.9. The first-order valence-electron chi connectivity index (χ1n) is 19.2. The normalized spacial score (nSPS) is 19.6. The van der Waals surface area contributed by atoms with E-state index in [0.717, 1.165) is 82.4 Å². The average molecular weight is 799 g/mol. The van der Waals surface area contributed by atoms with Gasteiger partial charge in [-0.3, -0.25) is 9.59 Å². The molecule has 0 radical (unpaired) electrons. The maximum atomic E-state index is 12.9. The minimum atomic E-state index is -0.286. The van der Waals surface area contributed by atoms with E-state index in [4.69, 9.17) is 9.47 Å². The van der Waals surface area contributed by atoms with Crippen molar-refractivity contribution in [2.24, 2.45) is 11.8 Å². The van der Waals surface area contributed by atoms with Crippen LogP contribution in [0, 0.1) is 11.8 Å². The van der Waals surface area contributed by atoms with Crippen LogP contribution in [0.5, 0.6) is 5.75 Å². The second kappa shape index (κ2) is 19.5. The maximum absolute atomic E-state index is 12.9. The number of rotatable bonds is 8. The summed E-state index contributed by atoms with van der Waals surface area (Å²) < 4.78 is 10.5. The van der Waals surface area contributed by atoms with Gasteiger partial charge in [-0.1, -0.05) is 31.2 Å². The summed E-state index contributed by atoms with van der Waals surface area (Å²) in [6.45, 7) is 9.98. The van der Waals surface area contributed by atoms with Crippen LogP contribution in [-0.2, 0) is 31.9 Å². The molecule has 1 atom stereocenters. The molecule has 13 heteroatoms. The molecule has 4 amide bonds. The highest BCUT2D eigenvalue weighted by Crippen LogP contribution is 2.29. The van der Waals surface area contributed by atoms with Gasteiger partial charge in [-0.2, -0.15) is 0 Å². The number of phenolic OH excluding ortho intramolecular Hbond substituents is 1. The predicted octanol–water partition coefficient (Wildman–Crippen LogP) is 6.30. The molecule has 0 aliphatic carbocycles. The summed E-state index contributed by atoms with van der Waals surface area (Å²) in [4.78, 5) is 56.8. The molecule has 0 spiro atoms. The highest BCUT2D eigenvalue weighted by molar-refractivity contribution is 9.10. The fourth-order valence-electron chi connectivity index (χ4n) is 8.09. The Morgan fingerprint density at radius 2 is 1.57 bits per heavy atom. The number of carbonyl (C=O) groups excluding carboxylic acids is 4. The van der Waals surface area contributed by atoms with E-state index in [0.29, 0.717) is 55.5 Å². The minimum Gasteiger partial charge on any atom is -0.507 e. The van der Waals surface area contributed by atoms with E-state index < -0.39 is 0 Å². The van der Waals surface area contributed by atoms with Crippen molar-refractivity contribution in [1.82, 2.24) is 19.6 Å². The average Bonchev–Trinajstić information content (AvgIpc) is 3.34. The zero-order valence-electron chi connectivity index (χ0n) is 31.4. The molecule has 12 nitrogen and oxygen atoms in total. The lowest BCUT2D eigenvalue weighted by Crippen LogP contribution is -2.50. The molecule has 6 rings (SSSR count). The number of para-hydroxylation sites is 1. The Labute approximate surface area is 322 Å². The number of hydrogen-bond donors (Lipinski definition) is 2. The molecule has 2 N–H and O–H groups in total. The largest absolute Gasteiger partial charge is 0.507 e. The van der Waals surface area contributed by atoms with Crippen molar-refractivity contribution in [3.05, 3.63) is 58.1 Å². The molecule has 53 heavy (non-hydrogen) atoms. The first kappa shape index (κ1) is 40.3. The molecule has 2 aromatic rings. The standard InChI is InChI=1S/C24H35BrN2O4.C16H21N3O3/c1-3-31-23(29)16-18-6-10-26(11-7-18)20-8-12-27(13-9-20)24(30)17(2)14-19-4-5-22(28)21(25)15-19;1-22-16(21)18-9-7-13(8-10-18)19-11-6-12-4-2-3-5-14(12)17-15(19)20/h4-5,15,17-18,20,28H,3,6-14,16H2,1-2H3;2-5,13H,6-11H2,1H3,(H,17,20)/t17-;/m1./s1. The summed E-state index contributed by atoms with van der Waals surface area (Å²) in [5.74, 6) is 0.733. The molecule has 0 aromatic heterocycles. The molecule has 4 heterocycles. The van der Waals surface area contributed by atoms with Gasteiger partial charge in [-0.05, 0) is 123 Å². The Hall–Kier alpha value is -3.84. The molecule has 2 aromatic carbocycles. The third kappa shape index (κ3) is 11.1. The Morgan fingerprint density at radius 1 is 0.906 bits per heavy atom. The van der Waals surface area contributed by atoms with Crippen LogP contribution in [0.4, 0.5) is 15.3 Å². The SMILES string of the molecule is CCOC(=O)CC1CCN(C2CCN(C(=O)[C@H](C)Cc3ccc(O)c(Br)c3)CC2)CC1.COC(=O)N1CCC(N2CCc3ccccc3NC2=O)CC1. The van der Waals surface area contributed by atoms with Gasteiger partial charge < -0.3 is 39.5 Å². The number of nitrogens with zero attached hydrogens (tertiary/aromatic N) is 4. The lowest BCUT2D eigenvalue weighted by Gasteiger charge is -2.42. The number of halogens is 1. The monoisotopic (exact) mass is 797 g/mol. The zero-order chi connectivity index (χ0) is 37.9. The number of fused-ring (bicyclic) bond motifs is 1. The molecule has 3 saturated heterocycles. The van der Waals surface area contributed by atoms with Gasteiger partial charge >= 0.3 is 18.1 Å². The summed E-state index contributed by atoms with van der Waals surface area (Å²) >= 11 is 3.34. The van der Waals surface area contributed by atoms with Crippen LogP contribution in [0.3, 0.4) is 0 Å². The fourth-order valence-corrected chi connectivity index (χ4v) is 8.51. The minimum absolute atomic E-state index is 0.0403. The van der Waals surface area contributed by atoms with E-state index in [1.165, 1.54) is 12.7 Å². The van der Waals surface area contributed by atoms with Gasteiger partial charge in [0.1, 0.15) is 5.75 Å². The van der Waals surface area contributed by atoms with E-state index in [1.54, 1.807) is 11.0 Å². The second-order valence-corrected chi connectivity index (χ2v) is 15.5. The van der Waals surface area contributed by atoms with Gasteiger partial charge in [-0.25, -0.2) is 9.59 Å². The summed E-state index contributed by atoms with van der Waals surface area (Å²) in [5, 5.41) is 12.6. The number of nitrogens with one attached hydrogen (secondary N) is 1. The summed E-state index contributed by atoms with van der Waals surface area (Å²) in [6, 6.07) is 14.0. The van der Waals surface area contributed by atoms with Gasteiger partial charge in [0, 0.05) is 62.8 Å². The Kier molecular flexibility index (Phi) is 14.8. The molecule has 290 valence electrons. The lowest BCUT2D eigenvalue weighted by molar-refractivity contribution is -0.144. The first-order valence-corrected chi connectivity index (χ1v) is 20.0. The van der Waals surface area contributed by atoms with Crippen LogP contribution in [0.15, 0.2) is 46.9 Å². The number of esters is 1. The number of ether oxygens (including phenoxy) is 2. The topological polar surface area (TPSA) is 132 Å². The number of amides is 4. The van der Waals surface area contributed by atoms with Crippen molar-refractivity contribution in [3.63, 3.8) is 0 Å². The summed E-state index contributed by atoms with van der Waals surface area (Å²) in [6.07, 6.45) is 7.51. The van der Waals surface area contributed by atoms with Gasteiger partial charge in [0.25, 0.3) is 0 Å². The number of aromatic hydroxyl groups is 1. The Balaban J connectivity index is 0.000000216. The second-order valence-electron chi connectivity index (χ2n) is 14.7. The molecule has 0 saturated carbocycles. The van der Waals surface area contributed by atoms with E-state index in [9.17, 15) is 24.3 Å². The number of anilines is 1. The van der Waals surface area contributed by atoms with Gasteiger partial charge in [0.15, 0.2) is 0 Å². The van der Waals surface area contributed by atoms with Crippen LogP contribution in [0.25, 0.3) is 0 Å². The third-order valence-electron chi connectivity index (χ3n) is 11.2. The first-order chi connectivity index (χ1) is 25.6. The molecule has 0 unspecified atom stereocenters. The third-order valence-corrected chi connectivity index (χ3v) is 11.8. The number of piperidine rings is 3. The number of phenols is 1. The van der Waals surface area contributed by atoms with Crippen molar-refractivity contribution in [3.8, 4) is 5.75 Å². The molecule has 3 fully saturated rings. The molecular formula is C40H56BrN5O7. The smallest absolute Gasteiger partial charge is 0.409 e. The molecule has 0 bridgehead atoms. The van der Waals surface area contributed by atoms with Crippen LogP contribution >= 0.6 is 15.9 Å². The summed E-state index contributed by atoms with van der Waals surface area (Å²) in [7, 11) is 1.40. The van der Waals surface area contributed by atoms with Crippen molar-refractivity contribution in [2.75, 3.05) is 64.8 Å². The van der Waals surface area contributed by atoms with Crippen molar-refractivity contribution >= 4 is 45.6 Å². The van der Waals surface area contributed by atoms with Crippen molar-refractivity contribution in [1.29, 1.82) is 0 Å². The zero-order valence-corrected chi connectivity index (χ0v) is 33.0. The van der Waals surface area contributed by atoms with E-state index >= 15 is 0 Å². The van der Waals surface area contributed by atoms with Gasteiger partial charge in [0.05, 0.1) is 18.2 Å².